The summed E-state index contributed by atoms with van der Waals surface area (Å²) in [5.41, 5.74) is 15.0. The molecule has 3 rings (SSSR count). The van der Waals surface area contributed by atoms with Crippen LogP contribution < -0.4 is 26.6 Å². The fourth-order valence-electron chi connectivity index (χ4n) is 2.58. The van der Waals surface area contributed by atoms with E-state index in [1.54, 1.807) is 25.3 Å². The maximum Gasteiger partial charge on any atom is 0.145 e. The summed E-state index contributed by atoms with van der Waals surface area (Å²) in [5, 5.41) is 12.9. The number of ether oxygens (including phenoxy) is 1. The molecule has 0 bridgehead atoms. The van der Waals surface area contributed by atoms with Gasteiger partial charge in [0.15, 0.2) is 0 Å². The Hall–Kier alpha value is -2.44. The minimum atomic E-state index is 0.0565. The third-order valence-electron chi connectivity index (χ3n) is 3.76. The summed E-state index contributed by atoms with van der Waals surface area (Å²) in [4.78, 5) is 0. The number of nitrogens with one attached hydrogen (secondary N) is 3. The van der Waals surface area contributed by atoms with Crippen LogP contribution in [0.1, 0.15) is 18.0 Å². The van der Waals surface area contributed by atoms with Crippen molar-refractivity contribution in [3.63, 3.8) is 0 Å². The number of benzene rings is 2. The number of anilines is 2. The van der Waals surface area contributed by atoms with Crippen LogP contribution in [-0.4, -0.2) is 18.4 Å². The number of hydrogen-bond donors (Lipinski definition) is 5. The molecule has 0 radical (unpaired) electrons. The Morgan fingerprint density at radius 1 is 1.18 bits per heavy atom. The first kappa shape index (κ1) is 14.5. The lowest BCUT2D eigenvalue weighted by molar-refractivity contribution is 0.408. The van der Waals surface area contributed by atoms with Gasteiger partial charge in [-0.1, -0.05) is 12.1 Å². The van der Waals surface area contributed by atoms with Crippen LogP contribution in [0.4, 0.5) is 11.4 Å². The molecule has 1 fully saturated rings. The van der Waals surface area contributed by atoms with Gasteiger partial charge in [0.2, 0.25) is 0 Å². The molecule has 116 valence electrons. The van der Waals surface area contributed by atoms with Gasteiger partial charge in [-0.2, -0.15) is 0 Å². The Morgan fingerprint density at radius 3 is 2.68 bits per heavy atom. The van der Waals surface area contributed by atoms with Gasteiger partial charge in [-0.3, -0.25) is 0 Å². The number of phenolic OH excluding ortho intramolecular Hbond substituents is 1. The normalized spacial score (nSPS) is 20.8. The van der Waals surface area contributed by atoms with Crippen molar-refractivity contribution in [1.82, 2.24) is 10.9 Å². The summed E-state index contributed by atoms with van der Waals surface area (Å²) in [6.07, 6.45) is 0.925. The van der Waals surface area contributed by atoms with Crippen molar-refractivity contribution in [2.45, 2.75) is 18.6 Å². The lowest BCUT2D eigenvalue weighted by Gasteiger charge is -2.16. The number of methoxy groups -OCH3 is 1. The molecule has 0 aromatic heterocycles. The van der Waals surface area contributed by atoms with Crippen LogP contribution in [0.3, 0.4) is 0 Å². The number of phenols is 1. The zero-order valence-electron chi connectivity index (χ0n) is 12.3. The van der Waals surface area contributed by atoms with E-state index in [4.69, 9.17) is 10.5 Å². The van der Waals surface area contributed by atoms with Crippen molar-refractivity contribution in [3.05, 3.63) is 48.0 Å². The minimum absolute atomic E-state index is 0.0565. The highest BCUT2D eigenvalue weighted by atomic mass is 16.5. The average Bonchev–Trinajstić information content (AvgIpc) is 2.98. The largest absolute Gasteiger partial charge is 0.508 e. The number of nitrogens with two attached hydrogens (primary N) is 1. The molecule has 2 unspecified atom stereocenters. The second-order valence-corrected chi connectivity index (χ2v) is 5.33. The fraction of sp³-hybridized carbons (Fsp3) is 0.250. The molecule has 6 N–H and O–H groups in total. The topological polar surface area (TPSA) is 91.6 Å². The predicted molar refractivity (Wildman–Crippen MR) is 86.6 cm³/mol. The number of hydrogen-bond acceptors (Lipinski definition) is 6. The molecule has 0 amide bonds. The third-order valence-corrected chi connectivity index (χ3v) is 3.76. The van der Waals surface area contributed by atoms with E-state index in [0.717, 1.165) is 17.8 Å². The molecule has 1 aliphatic rings. The molecule has 22 heavy (non-hydrogen) atoms. The number of rotatable bonds is 4. The second kappa shape index (κ2) is 6.13. The van der Waals surface area contributed by atoms with Gasteiger partial charge >= 0.3 is 0 Å². The van der Waals surface area contributed by atoms with E-state index < -0.39 is 0 Å². The van der Waals surface area contributed by atoms with Crippen LogP contribution in [0.5, 0.6) is 11.5 Å². The monoisotopic (exact) mass is 300 g/mol. The van der Waals surface area contributed by atoms with Gasteiger partial charge in [-0.05, 0) is 29.8 Å². The van der Waals surface area contributed by atoms with Crippen molar-refractivity contribution in [2.24, 2.45) is 0 Å². The summed E-state index contributed by atoms with van der Waals surface area (Å²) in [6.45, 7) is 0. The van der Waals surface area contributed by atoms with Crippen LogP contribution >= 0.6 is 0 Å². The molecule has 6 heteroatoms. The fourth-order valence-corrected chi connectivity index (χ4v) is 2.58. The van der Waals surface area contributed by atoms with Gasteiger partial charge in [0.1, 0.15) is 11.5 Å². The Morgan fingerprint density at radius 2 is 1.95 bits per heavy atom. The SMILES string of the molecule is COc1cc(O)ccc1NC1CC(c2ccc(N)cc2)NN1. The highest BCUT2D eigenvalue weighted by Crippen LogP contribution is 2.31. The summed E-state index contributed by atoms with van der Waals surface area (Å²) < 4.78 is 5.28. The van der Waals surface area contributed by atoms with Gasteiger partial charge in [0, 0.05) is 24.2 Å². The number of hydrazine groups is 1. The maximum atomic E-state index is 9.50. The molecule has 2 aromatic rings. The summed E-state index contributed by atoms with van der Waals surface area (Å²) >= 11 is 0. The van der Waals surface area contributed by atoms with Crippen molar-refractivity contribution in [3.8, 4) is 11.5 Å². The standard InChI is InChI=1S/C16H20N4O2/c1-22-15-8-12(21)6-7-13(15)18-16-9-14(19-20-16)10-2-4-11(17)5-3-10/h2-8,14,16,18-21H,9,17H2,1H3. The Balaban J connectivity index is 1.67. The van der Waals surface area contributed by atoms with E-state index in [0.29, 0.717) is 5.75 Å². The summed E-state index contributed by atoms with van der Waals surface area (Å²) in [6, 6.07) is 13.1. The quantitative estimate of drug-likeness (QED) is 0.438. The van der Waals surface area contributed by atoms with Crippen molar-refractivity contribution >= 4 is 11.4 Å². The first-order valence-corrected chi connectivity index (χ1v) is 7.16. The Bertz CT molecular complexity index is 645. The number of aromatic hydroxyl groups is 1. The number of nitrogen functional groups attached to an aromatic ring is 1. The van der Waals surface area contributed by atoms with Crippen molar-refractivity contribution < 1.29 is 9.84 Å². The van der Waals surface area contributed by atoms with Gasteiger partial charge in [0.25, 0.3) is 0 Å². The molecule has 6 nitrogen and oxygen atoms in total. The van der Waals surface area contributed by atoms with E-state index in [9.17, 15) is 5.11 Å². The lowest BCUT2D eigenvalue weighted by Crippen LogP contribution is -2.35. The van der Waals surface area contributed by atoms with E-state index in [1.807, 2.05) is 24.3 Å². The predicted octanol–water partition coefficient (Wildman–Crippen LogP) is 1.96. The molecule has 0 saturated carbocycles. The van der Waals surface area contributed by atoms with E-state index in [1.165, 1.54) is 5.56 Å². The molecular formula is C16H20N4O2. The molecule has 1 heterocycles. The van der Waals surface area contributed by atoms with Gasteiger partial charge in [-0.15, -0.1) is 0 Å². The zero-order valence-corrected chi connectivity index (χ0v) is 12.3. The highest BCUT2D eigenvalue weighted by Gasteiger charge is 2.25. The van der Waals surface area contributed by atoms with Crippen LogP contribution in [0, 0.1) is 0 Å². The van der Waals surface area contributed by atoms with Crippen LogP contribution in [-0.2, 0) is 0 Å². The molecule has 0 spiro atoms. The molecule has 1 aliphatic heterocycles. The van der Waals surface area contributed by atoms with Gasteiger partial charge in [-0.25, -0.2) is 10.9 Å². The Kier molecular flexibility index (Phi) is 4.04. The highest BCUT2D eigenvalue weighted by molar-refractivity contribution is 5.59. The van der Waals surface area contributed by atoms with E-state index in [-0.39, 0.29) is 18.0 Å². The smallest absolute Gasteiger partial charge is 0.145 e. The van der Waals surface area contributed by atoms with Gasteiger partial charge < -0.3 is 20.9 Å². The molecule has 2 atom stereocenters. The second-order valence-electron chi connectivity index (χ2n) is 5.33. The first-order chi connectivity index (χ1) is 10.7. The van der Waals surface area contributed by atoms with Crippen LogP contribution in [0.2, 0.25) is 0 Å². The maximum absolute atomic E-state index is 9.50. The van der Waals surface area contributed by atoms with Gasteiger partial charge in [0.05, 0.1) is 19.0 Å². The Labute approximate surface area is 129 Å². The van der Waals surface area contributed by atoms with E-state index in [2.05, 4.69) is 16.2 Å². The summed E-state index contributed by atoms with van der Waals surface area (Å²) in [7, 11) is 1.58. The molecular weight excluding hydrogens is 280 g/mol. The molecule has 0 aliphatic carbocycles. The molecule has 1 saturated heterocycles. The van der Waals surface area contributed by atoms with Crippen molar-refractivity contribution in [1.29, 1.82) is 0 Å². The third kappa shape index (κ3) is 3.08. The van der Waals surface area contributed by atoms with Crippen LogP contribution in [0.15, 0.2) is 42.5 Å². The van der Waals surface area contributed by atoms with Crippen molar-refractivity contribution in [2.75, 3.05) is 18.2 Å². The average molecular weight is 300 g/mol. The lowest BCUT2D eigenvalue weighted by atomic mass is 10.0. The zero-order chi connectivity index (χ0) is 15.5. The minimum Gasteiger partial charge on any atom is -0.508 e. The molecule has 2 aromatic carbocycles. The van der Waals surface area contributed by atoms with Crippen LogP contribution in [0.25, 0.3) is 0 Å². The van der Waals surface area contributed by atoms with E-state index >= 15 is 0 Å². The summed E-state index contributed by atoms with van der Waals surface area (Å²) in [5.74, 6) is 0.789. The first-order valence-electron chi connectivity index (χ1n) is 7.16.